The first kappa shape index (κ1) is 13.8. The molecule has 0 bridgehead atoms. The number of methoxy groups -OCH3 is 1. The monoisotopic (exact) mass is 344 g/mol. The Morgan fingerprint density at radius 2 is 1.95 bits per heavy atom. The van der Waals surface area contributed by atoms with E-state index in [1.165, 1.54) is 0 Å². The molecule has 0 aliphatic heterocycles. The Morgan fingerprint density at radius 3 is 2.67 bits per heavy atom. The van der Waals surface area contributed by atoms with Crippen LogP contribution in [0, 0.1) is 0 Å². The van der Waals surface area contributed by atoms with Crippen molar-refractivity contribution in [1.29, 1.82) is 0 Å². The van der Waals surface area contributed by atoms with Crippen LogP contribution < -0.4 is 10.3 Å². The lowest BCUT2D eigenvalue weighted by molar-refractivity contribution is 0.414. The van der Waals surface area contributed by atoms with Crippen LogP contribution in [0.1, 0.15) is 5.56 Å². The van der Waals surface area contributed by atoms with Gasteiger partial charge in [-0.1, -0.05) is 12.1 Å². The predicted molar refractivity (Wildman–Crippen MR) is 85.8 cm³/mol. The Balaban J connectivity index is 2.08. The summed E-state index contributed by atoms with van der Waals surface area (Å²) in [5, 5.41) is 0. The molecule has 1 aromatic carbocycles. The van der Waals surface area contributed by atoms with Crippen LogP contribution in [0.3, 0.4) is 0 Å². The molecular formula is C16H13BrN2O2. The van der Waals surface area contributed by atoms with Gasteiger partial charge in [-0.2, -0.15) is 0 Å². The molecule has 106 valence electrons. The van der Waals surface area contributed by atoms with Crippen molar-refractivity contribution < 1.29 is 4.74 Å². The van der Waals surface area contributed by atoms with Crippen LogP contribution in [-0.2, 0) is 6.54 Å². The molecule has 0 fully saturated rings. The fourth-order valence-electron chi connectivity index (χ4n) is 2.22. The molecule has 0 unspecified atom stereocenters. The van der Waals surface area contributed by atoms with E-state index in [2.05, 4.69) is 20.9 Å². The average molecular weight is 345 g/mol. The third kappa shape index (κ3) is 2.83. The van der Waals surface area contributed by atoms with Gasteiger partial charge in [0.05, 0.1) is 24.7 Å². The van der Waals surface area contributed by atoms with Crippen molar-refractivity contribution in [2.45, 2.75) is 6.54 Å². The number of hydrogen-bond acceptors (Lipinski definition) is 3. The van der Waals surface area contributed by atoms with Gasteiger partial charge in [0.15, 0.2) is 0 Å². The largest absolute Gasteiger partial charge is 0.497 e. The van der Waals surface area contributed by atoms with Crippen molar-refractivity contribution in [2.75, 3.05) is 7.11 Å². The zero-order valence-corrected chi connectivity index (χ0v) is 13.0. The normalized spacial score (nSPS) is 10.8. The van der Waals surface area contributed by atoms with Crippen LogP contribution in [-0.4, -0.2) is 16.7 Å². The molecule has 5 heteroatoms. The zero-order chi connectivity index (χ0) is 14.8. The molecule has 4 nitrogen and oxygen atoms in total. The fraction of sp³-hybridized carbons (Fsp3) is 0.125. The van der Waals surface area contributed by atoms with Crippen molar-refractivity contribution >= 4 is 27.0 Å². The highest BCUT2D eigenvalue weighted by Gasteiger charge is 2.06. The summed E-state index contributed by atoms with van der Waals surface area (Å²) in [6.45, 7) is 0.498. The molecule has 0 radical (unpaired) electrons. The summed E-state index contributed by atoms with van der Waals surface area (Å²) in [4.78, 5) is 16.5. The van der Waals surface area contributed by atoms with Crippen LogP contribution in [0.4, 0.5) is 0 Å². The number of ether oxygens (including phenoxy) is 1. The molecule has 0 amide bonds. The third-order valence-electron chi connectivity index (χ3n) is 3.30. The van der Waals surface area contributed by atoms with Crippen LogP contribution >= 0.6 is 15.9 Å². The number of hydrogen-bond donors (Lipinski definition) is 0. The summed E-state index contributed by atoms with van der Waals surface area (Å²) in [6, 6.07) is 12.9. The van der Waals surface area contributed by atoms with Crippen LogP contribution in [0.5, 0.6) is 5.75 Å². The zero-order valence-electron chi connectivity index (χ0n) is 11.4. The number of nitrogens with zero attached hydrogens (tertiary/aromatic N) is 2. The predicted octanol–water partition coefficient (Wildman–Crippen LogP) is 3.22. The van der Waals surface area contributed by atoms with Crippen molar-refractivity contribution in [3.8, 4) is 5.75 Å². The highest BCUT2D eigenvalue weighted by atomic mass is 79.9. The minimum atomic E-state index is -0.0433. The molecule has 0 aliphatic carbocycles. The Hall–Kier alpha value is -2.14. The SMILES string of the molecule is COc1ccc(Cn2c(=O)ccc3ncc(Br)cc32)cc1. The van der Waals surface area contributed by atoms with E-state index >= 15 is 0 Å². The van der Waals surface area contributed by atoms with Crippen molar-refractivity contribution in [3.63, 3.8) is 0 Å². The molecule has 0 saturated carbocycles. The van der Waals surface area contributed by atoms with Gasteiger partial charge in [-0.25, -0.2) is 0 Å². The highest BCUT2D eigenvalue weighted by Crippen LogP contribution is 2.17. The van der Waals surface area contributed by atoms with Crippen LogP contribution in [0.15, 0.2) is 57.9 Å². The van der Waals surface area contributed by atoms with Crippen molar-refractivity contribution in [3.05, 3.63) is 69.1 Å². The van der Waals surface area contributed by atoms with Gasteiger partial charge in [-0.05, 0) is 45.8 Å². The smallest absolute Gasteiger partial charge is 0.251 e. The summed E-state index contributed by atoms with van der Waals surface area (Å²) >= 11 is 3.40. The number of rotatable bonds is 3. The summed E-state index contributed by atoms with van der Waals surface area (Å²) in [5.41, 5.74) is 2.60. The minimum Gasteiger partial charge on any atom is -0.497 e. The quantitative estimate of drug-likeness (QED) is 0.732. The van der Waals surface area contributed by atoms with Crippen molar-refractivity contribution in [2.24, 2.45) is 0 Å². The maximum absolute atomic E-state index is 12.2. The minimum absolute atomic E-state index is 0.0433. The average Bonchev–Trinajstić information content (AvgIpc) is 2.51. The number of benzene rings is 1. The van der Waals surface area contributed by atoms with E-state index in [-0.39, 0.29) is 5.56 Å². The number of halogens is 1. The molecule has 3 rings (SSSR count). The molecule has 0 atom stereocenters. The lowest BCUT2D eigenvalue weighted by atomic mass is 10.2. The van der Waals surface area contributed by atoms with E-state index in [4.69, 9.17) is 4.74 Å². The van der Waals surface area contributed by atoms with Gasteiger partial charge in [0, 0.05) is 16.7 Å². The van der Waals surface area contributed by atoms with Gasteiger partial charge < -0.3 is 9.30 Å². The molecule has 2 heterocycles. The second-order valence-corrected chi connectivity index (χ2v) is 5.58. The molecule has 2 aromatic heterocycles. The Kier molecular flexibility index (Phi) is 3.75. The first-order valence-corrected chi connectivity index (χ1v) is 7.25. The van der Waals surface area contributed by atoms with Gasteiger partial charge in [0.1, 0.15) is 5.75 Å². The topological polar surface area (TPSA) is 44.1 Å². The van der Waals surface area contributed by atoms with Gasteiger partial charge in [-0.15, -0.1) is 0 Å². The highest BCUT2D eigenvalue weighted by molar-refractivity contribution is 9.10. The van der Waals surface area contributed by atoms with Crippen molar-refractivity contribution in [1.82, 2.24) is 9.55 Å². The van der Waals surface area contributed by atoms with E-state index in [0.29, 0.717) is 6.54 Å². The molecule has 3 aromatic rings. The molecule has 0 N–H and O–H groups in total. The van der Waals surface area contributed by atoms with E-state index < -0.39 is 0 Å². The first-order chi connectivity index (χ1) is 10.2. The fourth-order valence-corrected chi connectivity index (χ4v) is 2.54. The molecule has 0 aliphatic rings. The van der Waals surface area contributed by atoms with Crippen LogP contribution in [0.25, 0.3) is 11.0 Å². The molecule has 0 spiro atoms. The maximum atomic E-state index is 12.2. The second-order valence-electron chi connectivity index (χ2n) is 4.66. The second kappa shape index (κ2) is 5.69. The summed E-state index contributed by atoms with van der Waals surface area (Å²) in [5.74, 6) is 0.799. The van der Waals surface area contributed by atoms with E-state index in [9.17, 15) is 4.79 Å². The number of fused-ring (bicyclic) bond motifs is 1. The summed E-state index contributed by atoms with van der Waals surface area (Å²) < 4.78 is 7.71. The summed E-state index contributed by atoms with van der Waals surface area (Å²) in [6.07, 6.45) is 1.73. The molecular weight excluding hydrogens is 332 g/mol. The Morgan fingerprint density at radius 1 is 1.19 bits per heavy atom. The van der Waals surface area contributed by atoms with Gasteiger partial charge in [-0.3, -0.25) is 9.78 Å². The summed E-state index contributed by atoms with van der Waals surface area (Å²) in [7, 11) is 1.63. The van der Waals surface area contributed by atoms with Gasteiger partial charge >= 0.3 is 0 Å². The standard InChI is InChI=1S/C16H13BrN2O2/c1-21-13-4-2-11(3-5-13)10-19-15-8-12(17)9-18-14(15)6-7-16(19)20/h2-9H,10H2,1H3. The van der Waals surface area contributed by atoms with E-state index in [0.717, 1.165) is 26.8 Å². The first-order valence-electron chi connectivity index (χ1n) is 6.45. The van der Waals surface area contributed by atoms with Crippen LogP contribution in [0.2, 0.25) is 0 Å². The van der Waals surface area contributed by atoms with Gasteiger partial charge in [0.2, 0.25) is 0 Å². The Labute approximate surface area is 130 Å². The van der Waals surface area contributed by atoms with Gasteiger partial charge in [0.25, 0.3) is 5.56 Å². The number of pyridine rings is 2. The number of aromatic nitrogens is 2. The maximum Gasteiger partial charge on any atom is 0.251 e. The Bertz CT molecular complexity index is 841. The molecule has 21 heavy (non-hydrogen) atoms. The lowest BCUT2D eigenvalue weighted by Gasteiger charge is -2.10. The lowest BCUT2D eigenvalue weighted by Crippen LogP contribution is -2.20. The van der Waals surface area contributed by atoms with E-state index in [1.807, 2.05) is 30.3 Å². The molecule has 0 saturated heterocycles. The van der Waals surface area contributed by atoms with E-state index in [1.54, 1.807) is 30.0 Å². The third-order valence-corrected chi connectivity index (χ3v) is 3.74.